The van der Waals surface area contributed by atoms with Crippen molar-refractivity contribution in [2.75, 3.05) is 7.05 Å². The third-order valence-electron chi connectivity index (χ3n) is 11.0. The molecule has 1 aliphatic carbocycles. The highest BCUT2D eigenvalue weighted by atomic mass is 35.5. The van der Waals surface area contributed by atoms with Crippen LogP contribution in [-0.4, -0.2) is 35.2 Å². The van der Waals surface area contributed by atoms with E-state index in [0.717, 1.165) is 38.5 Å². The van der Waals surface area contributed by atoms with E-state index in [9.17, 15) is 5.21 Å². The summed E-state index contributed by atoms with van der Waals surface area (Å²) < 4.78 is 12.7. The topological polar surface area (TPSA) is 41.5 Å². The van der Waals surface area contributed by atoms with Gasteiger partial charge >= 0.3 is 0 Å². The van der Waals surface area contributed by atoms with Gasteiger partial charge in [0.1, 0.15) is 6.04 Å². The summed E-state index contributed by atoms with van der Waals surface area (Å²) in [5.74, 6) is -0.440. The smallest absolute Gasteiger partial charge is 0.169 e. The highest BCUT2D eigenvalue weighted by molar-refractivity contribution is 6.06. The minimum absolute atomic E-state index is 0.0332. The molecular formula is C43H80ClNO3. The highest BCUT2D eigenvalue weighted by Crippen LogP contribution is 2.46. The number of hydroxylamine groups is 2. The van der Waals surface area contributed by atoms with Crippen LogP contribution in [0.25, 0.3) is 0 Å². The molecule has 5 heteroatoms. The van der Waals surface area contributed by atoms with E-state index in [1.54, 1.807) is 7.05 Å². The second-order valence-corrected chi connectivity index (χ2v) is 16.3. The van der Waals surface area contributed by atoms with Crippen LogP contribution < -0.4 is 0 Å². The van der Waals surface area contributed by atoms with Crippen molar-refractivity contribution in [2.24, 2.45) is 0 Å². The van der Waals surface area contributed by atoms with Crippen LogP contribution in [0.1, 0.15) is 219 Å². The molecule has 0 aromatic carbocycles. The molecule has 5 atom stereocenters. The first-order valence-corrected chi connectivity index (χ1v) is 21.7. The monoisotopic (exact) mass is 694 g/mol. The van der Waals surface area contributed by atoms with Gasteiger partial charge in [0.15, 0.2) is 17.6 Å². The average Bonchev–Trinajstić information content (AvgIpc) is 3.61. The molecule has 4 unspecified atom stereocenters. The van der Waals surface area contributed by atoms with E-state index in [2.05, 4.69) is 38.2 Å². The molecule has 0 N–H and O–H groups in total. The van der Waals surface area contributed by atoms with Crippen molar-refractivity contribution in [3.05, 3.63) is 29.5 Å². The van der Waals surface area contributed by atoms with Crippen LogP contribution in [0, 0.1) is 5.21 Å². The third-order valence-corrected chi connectivity index (χ3v) is 11.3. The summed E-state index contributed by atoms with van der Waals surface area (Å²) in [6.45, 7) is 4.56. The molecule has 0 spiro atoms. The lowest BCUT2D eigenvalue weighted by atomic mass is 9.98. The van der Waals surface area contributed by atoms with Crippen LogP contribution in [0.3, 0.4) is 0 Å². The van der Waals surface area contributed by atoms with Crippen molar-refractivity contribution in [2.45, 2.75) is 243 Å². The third kappa shape index (κ3) is 21.1. The van der Waals surface area contributed by atoms with Gasteiger partial charge < -0.3 is 14.7 Å². The molecule has 1 saturated heterocycles. The Morgan fingerprint density at radius 1 is 0.542 bits per heavy atom. The number of fused-ring (bicyclic) bond motifs is 1. The first kappa shape index (κ1) is 43.8. The first-order valence-electron chi connectivity index (χ1n) is 21.3. The molecule has 0 aromatic heterocycles. The van der Waals surface area contributed by atoms with Crippen LogP contribution in [0.4, 0.5) is 0 Å². The Labute approximate surface area is 304 Å². The maximum absolute atomic E-state index is 12.4. The first-order chi connectivity index (χ1) is 23.4. The van der Waals surface area contributed by atoms with Crippen molar-refractivity contribution in [1.82, 2.24) is 0 Å². The minimum Gasteiger partial charge on any atom is -0.613 e. The number of allylic oxidation sites excluding steroid dienone is 4. The van der Waals surface area contributed by atoms with Gasteiger partial charge in [-0.3, -0.25) is 4.17 Å². The highest BCUT2D eigenvalue weighted by Gasteiger charge is 2.53. The van der Waals surface area contributed by atoms with E-state index in [1.165, 1.54) is 167 Å². The summed E-state index contributed by atoms with van der Waals surface area (Å²) in [5, 5.41) is 12.4. The number of rotatable bonds is 33. The fourth-order valence-corrected chi connectivity index (χ4v) is 7.99. The lowest BCUT2D eigenvalue weighted by Crippen LogP contribution is -2.39. The predicted octanol–water partition coefficient (Wildman–Crippen LogP) is 14.6. The van der Waals surface area contributed by atoms with Gasteiger partial charge in [-0.1, -0.05) is 173 Å². The van der Waals surface area contributed by atoms with E-state index >= 15 is 0 Å². The van der Waals surface area contributed by atoms with E-state index in [1.807, 2.05) is 0 Å². The molecule has 0 radical (unpaired) electrons. The number of ether oxygens (including phenoxy) is 2. The zero-order chi connectivity index (χ0) is 34.6. The molecule has 282 valence electrons. The fraction of sp³-hybridized carbons (Fsp3) is 0.907. The molecule has 1 saturated carbocycles. The molecule has 0 bridgehead atoms. The molecule has 2 aliphatic rings. The summed E-state index contributed by atoms with van der Waals surface area (Å²) in [4.78, 5) is 0. The number of hydrogen-bond donors (Lipinski definition) is 0. The van der Waals surface area contributed by atoms with Gasteiger partial charge in [-0.2, -0.15) is 0 Å². The zero-order valence-electron chi connectivity index (χ0n) is 32.2. The number of quaternary nitrogens is 1. The van der Waals surface area contributed by atoms with Crippen molar-refractivity contribution < 1.29 is 13.6 Å². The van der Waals surface area contributed by atoms with Gasteiger partial charge in [-0.05, 0) is 44.9 Å². The van der Waals surface area contributed by atoms with Crippen LogP contribution >= 0.6 is 11.8 Å². The van der Waals surface area contributed by atoms with Crippen molar-refractivity contribution in [1.29, 1.82) is 0 Å². The zero-order valence-corrected chi connectivity index (χ0v) is 33.0. The maximum Gasteiger partial charge on any atom is 0.169 e. The normalized spacial score (nSPS) is 23.9. The Morgan fingerprint density at radius 3 is 1.27 bits per heavy atom. The van der Waals surface area contributed by atoms with Crippen LogP contribution in [-0.2, 0) is 9.47 Å². The van der Waals surface area contributed by atoms with Gasteiger partial charge in [-0.25, -0.2) is 0 Å². The Balaban J connectivity index is 1.55. The summed E-state index contributed by atoms with van der Waals surface area (Å²) in [5.41, 5.74) is 0. The van der Waals surface area contributed by atoms with E-state index in [4.69, 9.17) is 21.3 Å². The predicted molar refractivity (Wildman–Crippen MR) is 209 cm³/mol. The Kier molecular flexibility index (Phi) is 25.7. The SMILES string of the molecule is CCCCC/C=C/C/C=C/CCCCCCCCC1(CCCCCCCCCCCCCCCCCC)OC2CC([N+](C)([O-])Cl)C[C@@H]2O1. The Hall–Kier alpha value is -0.390. The second-order valence-electron chi connectivity index (χ2n) is 15.6. The van der Waals surface area contributed by atoms with Gasteiger partial charge in [0.05, 0.1) is 19.3 Å². The second kappa shape index (κ2) is 28.2. The number of unbranched alkanes of at least 4 members (excludes halogenated alkanes) is 24. The van der Waals surface area contributed by atoms with Gasteiger partial charge in [0.25, 0.3) is 0 Å². The number of nitrogens with zero attached hydrogens (tertiary/aromatic N) is 1. The summed E-state index contributed by atoms with van der Waals surface area (Å²) in [6, 6.07) is -0.128. The summed E-state index contributed by atoms with van der Waals surface area (Å²) in [7, 11) is 1.54. The van der Waals surface area contributed by atoms with Crippen molar-refractivity contribution in [3.8, 4) is 0 Å². The van der Waals surface area contributed by atoms with E-state index in [-0.39, 0.29) is 18.2 Å². The Morgan fingerprint density at radius 2 is 0.875 bits per heavy atom. The number of hydrogen-bond acceptors (Lipinski definition) is 3. The van der Waals surface area contributed by atoms with Crippen molar-refractivity contribution >= 4 is 11.8 Å². The molecule has 1 heterocycles. The van der Waals surface area contributed by atoms with Crippen LogP contribution in [0.15, 0.2) is 24.3 Å². The van der Waals surface area contributed by atoms with Gasteiger partial charge in [-0.15, -0.1) is 0 Å². The largest absolute Gasteiger partial charge is 0.613 e. The van der Waals surface area contributed by atoms with Crippen LogP contribution in [0.5, 0.6) is 0 Å². The fourth-order valence-electron chi connectivity index (χ4n) is 7.83. The molecule has 2 rings (SSSR count). The van der Waals surface area contributed by atoms with Crippen molar-refractivity contribution in [3.63, 3.8) is 0 Å². The van der Waals surface area contributed by atoms with Crippen LogP contribution in [0.2, 0.25) is 0 Å². The maximum atomic E-state index is 12.4. The molecule has 4 nitrogen and oxygen atoms in total. The number of halogens is 1. The van der Waals surface area contributed by atoms with Gasteiger partial charge in [0, 0.05) is 25.7 Å². The molecular weight excluding hydrogens is 614 g/mol. The van der Waals surface area contributed by atoms with E-state index < -0.39 is 9.95 Å². The summed E-state index contributed by atoms with van der Waals surface area (Å²) in [6.07, 6.45) is 50.2. The molecule has 2 fully saturated rings. The molecule has 0 amide bonds. The average molecular weight is 695 g/mol. The van der Waals surface area contributed by atoms with E-state index in [0.29, 0.717) is 0 Å². The van der Waals surface area contributed by atoms with Gasteiger partial charge in [0.2, 0.25) is 0 Å². The minimum atomic E-state index is -0.752. The lowest BCUT2D eigenvalue weighted by Gasteiger charge is -2.36. The lowest BCUT2D eigenvalue weighted by molar-refractivity contribution is -0.769. The summed E-state index contributed by atoms with van der Waals surface area (Å²) >= 11 is 6.11. The molecule has 0 aromatic rings. The Bertz CT molecular complexity index is 779. The standard InChI is InChI=1S/C43H80ClNO3/c1-4-6-8-10-12-14-16-18-20-22-24-26-28-30-32-34-36-43(47-41-38-40(45(3,44)46)39-42(41)48-43)37-35-33-31-29-27-25-23-21-19-17-15-13-11-9-7-5-2/h12,14,18,20,40-42H,4-11,13,15-17,19,21-39H2,1-3H3/b14-12+,20-18+/t40?,41-,42?,43?,45?/m0/s1. The molecule has 48 heavy (non-hydrogen) atoms. The quantitative estimate of drug-likeness (QED) is 0.0297. The molecule has 1 aliphatic heterocycles.